The molecule has 25 heavy (non-hydrogen) atoms. The third-order valence-electron chi connectivity index (χ3n) is 4.50. The largest absolute Gasteiger partial charge is 0.477 e. The number of thioether (sulfide) groups is 1. The number of aryl methyl sites for hydroxylation is 2. The van der Waals surface area contributed by atoms with Gasteiger partial charge in [-0.25, -0.2) is 14.8 Å². The Morgan fingerprint density at radius 2 is 2.08 bits per heavy atom. The van der Waals surface area contributed by atoms with Crippen molar-refractivity contribution in [2.45, 2.75) is 24.4 Å². The molecule has 7 heteroatoms. The number of aromatic nitrogens is 3. The van der Waals surface area contributed by atoms with Crippen LogP contribution in [0.2, 0.25) is 0 Å². The molecule has 0 saturated carbocycles. The van der Waals surface area contributed by atoms with Crippen LogP contribution in [0.5, 0.6) is 0 Å². The zero-order valence-corrected chi connectivity index (χ0v) is 14.3. The van der Waals surface area contributed by atoms with Gasteiger partial charge in [0.15, 0.2) is 10.8 Å². The lowest BCUT2D eigenvalue weighted by molar-refractivity contribution is 0.0695. The first-order valence-corrected chi connectivity index (χ1v) is 9.13. The standard InChI is InChI=1S/C18H15N3O3S/c1-25-18-19-8-13-15(22)14(17(23)24)9-21(16(13)20-18)12-6-5-10-3-2-4-11(10)7-12/h5-9H,2-4H2,1H3,(H,23,24). The quantitative estimate of drug-likeness (QED) is 0.576. The van der Waals surface area contributed by atoms with Crippen molar-refractivity contribution >= 4 is 28.8 Å². The van der Waals surface area contributed by atoms with Gasteiger partial charge in [-0.05, 0) is 48.8 Å². The van der Waals surface area contributed by atoms with E-state index in [1.807, 2.05) is 12.3 Å². The van der Waals surface area contributed by atoms with Crippen molar-refractivity contribution in [3.05, 3.63) is 57.5 Å². The van der Waals surface area contributed by atoms with Crippen LogP contribution in [0.4, 0.5) is 0 Å². The number of fused-ring (bicyclic) bond motifs is 2. The fraction of sp³-hybridized carbons (Fsp3) is 0.222. The highest BCUT2D eigenvalue weighted by atomic mass is 32.2. The molecule has 0 radical (unpaired) electrons. The molecule has 4 rings (SSSR count). The number of aromatic carboxylic acids is 1. The molecule has 0 unspecified atom stereocenters. The maximum atomic E-state index is 12.5. The molecule has 0 atom stereocenters. The number of carbonyl (C=O) groups is 1. The predicted octanol–water partition coefficient (Wildman–Crippen LogP) is 2.69. The van der Waals surface area contributed by atoms with Crippen LogP contribution in [-0.2, 0) is 12.8 Å². The Kier molecular flexibility index (Phi) is 3.80. The van der Waals surface area contributed by atoms with E-state index in [1.54, 1.807) is 4.57 Å². The van der Waals surface area contributed by atoms with Gasteiger partial charge >= 0.3 is 5.97 Å². The second-order valence-corrected chi connectivity index (χ2v) is 6.72. The van der Waals surface area contributed by atoms with Gasteiger partial charge in [0, 0.05) is 18.1 Å². The number of hydrogen-bond acceptors (Lipinski definition) is 5. The first-order chi connectivity index (χ1) is 12.1. The minimum atomic E-state index is -1.25. The molecule has 1 aromatic carbocycles. The minimum absolute atomic E-state index is 0.207. The molecule has 126 valence electrons. The van der Waals surface area contributed by atoms with E-state index in [4.69, 9.17) is 0 Å². The molecule has 0 saturated heterocycles. The number of rotatable bonds is 3. The van der Waals surface area contributed by atoms with Gasteiger partial charge in [-0.15, -0.1) is 0 Å². The van der Waals surface area contributed by atoms with Crippen LogP contribution in [0.1, 0.15) is 27.9 Å². The summed E-state index contributed by atoms with van der Waals surface area (Å²) in [5.74, 6) is -1.25. The molecule has 0 aliphatic heterocycles. The van der Waals surface area contributed by atoms with Gasteiger partial charge in [-0.3, -0.25) is 4.79 Å². The predicted molar refractivity (Wildman–Crippen MR) is 95.9 cm³/mol. The maximum Gasteiger partial charge on any atom is 0.341 e. The average Bonchev–Trinajstić information content (AvgIpc) is 3.09. The van der Waals surface area contributed by atoms with Crippen LogP contribution < -0.4 is 5.43 Å². The summed E-state index contributed by atoms with van der Waals surface area (Å²) in [4.78, 5) is 32.5. The zero-order chi connectivity index (χ0) is 17.6. The van der Waals surface area contributed by atoms with Crippen LogP contribution in [-0.4, -0.2) is 31.9 Å². The van der Waals surface area contributed by atoms with E-state index in [9.17, 15) is 14.7 Å². The summed E-state index contributed by atoms with van der Waals surface area (Å²) in [6.45, 7) is 0. The first-order valence-electron chi connectivity index (χ1n) is 7.90. The molecule has 0 spiro atoms. The summed E-state index contributed by atoms with van der Waals surface area (Å²) < 4.78 is 1.68. The van der Waals surface area contributed by atoms with E-state index >= 15 is 0 Å². The van der Waals surface area contributed by atoms with E-state index in [2.05, 4.69) is 22.1 Å². The summed E-state index contributed by atoms with van der Waals surface area (Å²) in [6.07, 6.45) is 7.83. The highest BCUT2D eigenvalue weighted by molar-refractivity contribution is 7.98. The highest BCUT2D eigenvalue weighted by Gasteiger charge is 2.18. The van der Waals surface area contributed by atoms with Crippen LogP contribution >= 0.6 is 11.8 Å². The lowest BCUT2D eigenvalue weighted by Gasteiger charge is -2.13. The number of nitrogens with zero attached hydrogens (tertiary/aromatic N) is 3. The van der Waals surface area contributed by atoms with Crippen molar-refractivity contribution in [2.24, 2.45) is 0 Å². The maximum absolute atomic E-state index is 12.5. The molecule has 2 aromatic heterocycles. The van der Waals surface area contributed by atoms with E-state index in [-0.39, 0.29) is 10.9 Å². The molecule has 6 nitrogen and oxygen atoms in total. The third kappa shape index (κ3) is 2.60. The normalized spacial score (nSPS) is 13.2. The first kappa shape index (κ1) is 15.8. The van der Waals surface area contributed by atoms with Gasteiger partial charge in [0.2, 0.25) is 5.43 Å². The van der Waals surface area contributed by atoms with Crippen molar-refractivity contribution in [1.82, 2.24) is 14.5 Å². The van der Waals surface area contributed by atoms with Crippen molar-refractivity contribution in [3.63, 3.8) is 0 Å². The van der Waals surface area contributed by atoms with Crippen molar-refractivity contribution < 1.29 is 9.90 Å². The number of carboxylic acid groups (broad SMARTS) is 1. The topological polar surface area (TPSA) is 85.1 Å². The van der Waals surface area contributed by atoms with Gasteiger partial charge in [0.25, 0.3) is 0 Å². The van der Waals surface area contributed by atoms with E-state index < -0.39 is 11.4 Å². The monoisotopic (exact) mass is 353 g/mol. The summed E-state index contributed by atoms with van der Waals surface area (Å²) in [6, 6.07) is 6.07. The molecule has 0 fully saturated rings. The number of hydrogen-bond donors (Lipinski definition) is 1. The van der Waals surface area contributed by atoms with Crippen molar-refractivity contribution in [1.29, 1.82) is 0 Å². The van der Waals surface area contributed by atoms with Crippen LogP contribution in [0.15, 0.2) is 40.5 Å². The Balaban J connectivity index is 2.05. The van der Waals surface area contributed by atoms with Crippen molar-refractivity contribution in [2.75, 3.05) is 6.26 Å². The van der Waals surface area contributed by atoms with Crippen LogP contribution in [0.3, 0.4) is 0 Å². The molecule has 1 aliphatic rings. The Morgan fingerprint density at radius 1 is 1.28 bits per heavy atom. The van der Waals surface area contributed by atoms with E-state index in [0.29, 0.717) is 10.8 Å². The lowest BCUT2D eigenvalue weighted by atomic mass is 10.1. The molecular formula is C18H15N3O3S. The molecule has 1 N–H and O–H groups in total. The van der Waals surface area contributed by atoms with Gasteiger partial charge < -0.3 is 9.67 Å². The molecule has 2 heterocycles. The Morgan fingerprint density at radius 3 is 2.84 bits per heavy atom. The molecule has 0 bridgehead atoms. The van der Waals surface area contributed by atoms with Gasteiger partial charge in [-0.1, -0.05) is 17.8 Å². The summed E-state index contributed by atoms with van der Waals surface area (Å²) in [5, 5.41) is 10.1. The molecule has 0 amide bonds. The summed E-state index contributed by atoms with van der Waals surface area (Å²) in [7, 11) is 0. The van der Waals surface area contributed by atoms with Crippen LogP contribution in [0.25, 0.3) is 16.7 Å². The lowest BCUT2D eigenvalue weighted by Crippen LogP contribution is -2.19. The van der Waals surface area contributed by atoms with Gasteiger partial charge in [0.05, 0.1) is 5.39 Å². The fourth-order valence-electron chi connectivity index (χ4n) is 3.25. The number of carboxylic acids is 1. The molecule has 1 aliphatic carbocycles. The Labute approximate surface area is 147 Å². The highest BCUT2D eigenvalue weighted by Crippen LogP contribution is 2.26. The van der Waals surface area contributed by atoms with Gasteiger partial charge in [0.1, 0.15) is 5.56 Å². The number of pyridine rings is 1. The third-order valence-corrected chi connectivity index (χ3v) is 5.06. The van der Waals surface area contributed by atoms with E-state index in [1.165, 1.54) is 35.3 Å². The summed E-state index contributed by atoms with van der Waals surface area (Å²) in [5.41, 5.74) is 2.97. The second-order valence-electron chi connectivity index (χ2n) is 5.95. The SMILES string of the molecule is CSc1ncc2c(=O)c(C(=O)O)cn(-c3ccc4c(c3)CCC4)c2n1. The number of benzene rings is 1. The van der Waals surface area contributed by atoms with Crippen LogP contribution in [0, 0.1) is 0 Å². The fourth-order valence-corrected chi connectivity index (χ4v) is 3.59. The van der Waals surface area contributed by atoms with Gasteiger partial charge in [-0.2, -0.15) is 0 Å². The smallest absolute Gasteiger partial charge is 0.341 e. The van der Waals surface area contributed by atoms with Crippen molar-refractivity contribution in [3.8, 4) is 5.69 Å². The Hall–Kier alpha value is -2.67. The molecule has 3 aromatic rings. The Bertz CT molecular complexity index is 1080. The summed E-state index contributed by atoms with van der Waals surface area (Å²) >= 11 is 1.37. The van der Waals surface area contributed by atoms with E-state index in [0.717, 1.165) is 24.9 Å². The minimum Gasteiger partial charge on any atom is -0.477 e. The molecular weight excluding hydrogens is 338 g/mol. The second kappa shape index (κ2) is 6.00. The average molecular weight is 353 g/mol. The zero-order valence-electron chi connectivity index (χ0n) is 13.5.